The molecule has 1 aliphatic heterocycles. The zero-order valence-electron chi connectivity index (χ0n) is 10.7. The molecule has 1 rings (SSSR count). The van der Waals surface area contributed by atoms with E-state index in [1.54, 1.807) is 4.90 Å². The highest BCUT2D eigenvalue weighted by Gasteiger charge is 2.31. The molecule has 0 N–H and O–H groups in total. The fraction of sp³-hybridized carbons (Fsp3) is 0.667. The molecule has 0 aromatic rings. The van der Waals surface area contributed by atoms with E-state index >= 15 is 0 Å². The summed E-state index contributed by atoms with van der Waals surface area (Å²) in [6.45, 7) is 10.3. The molecule has 5 heteroatoms. The maximum Gasteiger partial charge on any atom is 0.414 e. The van der Waals surface area contributed by atoms with E-state index in [1.807, 2.05) is 20.8 Å². The third-order valence-corrected chi connectivity index (χ3v) is 2.54. The van der Waals surface area contributed by atoms with Crippen LogP contribution in [0.1, 0.15) is 27.2 Å². The molecular formula is C12H20N2O3. The Morgan fingerprint density at radius 3 is 2.59 bits per heavy atom. The highest BCUT2D eigenvalue weighted by molar-refractivity contribution is 5.70. The van der Waals surface area contributed by atoms with E-state index in [4.69, 9.17) is 4.74 Å². The lowest BCUT2D eigenvalue weighted by Crippen LogP contribution is -2.41. The van der Waals surface area contributed by atoms with Gasteiger partial charge < -0.3 is 9.64 Å². The van der Waals surface area contributed by atoms with E-state index in [-0.39, 0.29) is 6.04 Å². The minimum Gasteiger partial charge on any atom is -0.443 e. The van der Waals surface area contributed by atoms with E-state index in [1.165, 1.54) is 11.1 Å². The van der Waals surface area contributed by atoms with Crippen LogP contribution in [-0.4, -0.2) is 47.0 Å². The molecule has 17 heavy (non-hydrogen) atoms. The first kappa shape index (κ1) is 13.5. The van der Waals surface area contributed by atoms with Crippen molar-refractivity contribution in [1.82, 2.24) is 9.80 Å². The van der Waals surface area contributed by atoms with Crippen LogP contribution < -0.4 is 0 Å². The van der Waals surface area contributed by atoms with Crippen molar-refractivity contribution < 1.29 is 14.3 Å². The van der Waals surface area contributed by atoms with E-state index in [0.29, 0.717) is 13.1 Å². The minimum absolute atomic E-state index is 0.0347. The summed E-state index contributed by atoms with van der Waals surface area (Å²) < 4.78 is 5.28. The smallest absolute Gasteiger partial charge is 0.414 e. The second-order valence-corrected chi connectivity index (χ2v) is 5.11. The molecule has 96 valence electrons. The molecule has 2 amide bonds. The fourth-order valence-corrected chi connectivity index (χ4v) is 1.78. The monoisotopic (exact) mass is 240 g/mol. The van der Waals surface area contributed by atoms with Gasteiger partial charge in [-0.3, -0.25) is 9.69 Å². The highest BCUT2D eigenvalue weighted by Crippen LogP contribution is 2.18. The molecule has 1 fully saturated rings. The Hall–Kier alpha value is -1.52. The van der Waals surface area contributed by atoms with Crippen molar-refractivity contribution in [3.63, 3.8) is 0 Å². The van der Waals surface area contributed by atoms with E-state index in [2.05, 4.69) is 6.58 Å². The zero-order valence-corrected chi connectivity index (χ0v) is 10.7. The van der Waals surface area contributed by atoms with Gasteiger partial charge in [0, 0.05) is 19.3 Å². The first-order chi connectivity index (χ1) is 7.87. The number of hydrogen-bond donors (Lipinski definition) is 0. The van der Waals surface area contributed by atoms with Gasteiger partial charge in [0.1, 0.15) is 5.60 Å². The van der Waals surface area contributed by atoms with Crippen molar-refractivity contribution in [2.24, 2.45) is 0 Å². The van der Waals surface area contributed by atoms with Crippen molar-refractivity contribution in [3.8, 4) is 0 Å². The second kappa shape index (κ2) is 5.21. The summed E-state index contributed by atoms with van der Waals surface area (Å²) in [7, 11) is 0. The lowest BCUT2D eigenvalue weighted by atomic mass is 10.2. The topological polar surface area (TPSA) is 49.9 Å². The maximum atomic E-state index is 11.9. The Morgan fingerprint density at radius 2 is 2.18 bits per heavy atom. The number of carbonyl (C=O) groups excluding carboxylic acids is 2. The second-order valence-electron chi connectivity index (χ2n) is 5.11. The summed E-state index contributed by atoms with van der Waals surface area (Å²) in [6.07, 6.45) is 2.61. The van der Waals surface area contributed by atoms with Gasteiger partial charge in [-0.2, -0.15) is 0 Å². The van der Waals surface area contributed by atoms with Gasteiger partial charge in [-0.1, -0.05) is 6.58 Å². The van der Waals surface area contributed by atoms with E-state index in [0.717, 1.165) is 12.8 Å². The molecular weight excluding hydrogens is 220 g/mol. The van der Waals surface area contributed by atoms with Crippen LogP contribution in [0.4, 0.5) is 4.79 Å². The highest BCUT2D eigenvalue weighted by atomic mass is 16.6. The molecule has 1 atom stereocenters. The number of hydrogen-bond acceptors (Lipinski definition) is 3. The number of amides is 2. The normalized spacial score (nSPS) is 19.9. The molecule has 0 saturated carbocycles. The standard InChI is InChI=1S/C12H20N2O3/c1-5-14(11(16)17-12(2,3)4)10-6-7-13(8-10)9-15/h5,9-10H,1,6-8H2,2-4H3. The van der Waals surface area contributed by atoms with Gasteiger partial charge in [0.25, 0.3) is 0 Å². The average Bonchev–Trinajstić information content (AvgIpc) is 2.64. The van der Waals surface area contributed by atoms with Gasteiger partial charge in [-0.15, -0.1) is 0 Å². The molecule has 1 saturated heterocycles. The Morgan fingerprint density at radius 1 is 1.53 bits per heavy atom. The van der Waals surface area contributed by atoms with Gasteiger partial charge in [0.15, 0.2) is 0 Å². The molecule has 0 aliphatic carbocycles. The van der Waals surface area contributed by atoms with Crippen LogP contribution in [0.3, 0.4) is 0 Å². The van der Waals surface area contributed by atoms with Crippen LogP contribution in [0.25, 0.3) is 0 Å². The minimum atomic E-state index is -0.526. The molecule has 5 nitrogen and oxygen atoms in total. The predicted molar refractivity (Wildman–Crippen MR) is 64.3 cm³/mol. The molecule has 0 radical (unpaired) electrons. The van der Waals surface area contributed by atoms with Crippen LogP contribution in [0, 0.1) is 0 Å². The SMILES string of the molecule is C=CN(C(=O)OC(C)(C)C)C1CCN(C=O)C1. The van der Waals surface area contributed by atoms with Crippen LogP contribution in [0.2, 0.25) is 0 Å². The predicted octanol–water partition coefficient (Wildman–Crippen LogP) is 1.60. The van der Waals surface area contributed by atoms with Crippen LogP contribution >= 0.6 is 0 Å². The number of rotatable bonds is 3. The van der Waals surface area contributed by atoms with Gasteiger partial charge in [-0.25, -0.2) is 4.79 Å². The largest absolute Gasteiger partial charge is 0.443 e. The van der Waals surface area contributed by atoms with Crippen LogP contribution in [0.5, 0.6) is 0 Å². The van der Waals surface area contributed by atoms with Crippen molar-refractivity contribution in [3.05, 3.63) is 12.8 Å². The van der Waals surface area contributed by atoms with Crippen molar-refractivity contribution in [2.75, 3.05) is 13.1 Å². The van der Waals surface area contributed by atoms with Crippen LogP contribution in [-0.2, 0) is 9.53 Å². The van der Waals surface area contributed by atoms with E-state index < -0.39 is 11.7 Å². The summed E-state index contributed by atoms with van der Waals surface area (Å²) in [5.41, 5.74) is -0.526. The quantitative estimate of drug-likeness (QED) is 0.704. The molecule has 1 unspecified atom stereocenters. The van der Waals surface area contributed by atoms with Crippen molar-refractivity contribution in [2.45, 2.75) is 38.8 Å². The Bertz CT molecular complexity index is 309. The average molecular weight is 240 g/mol. The Labute approximate surface area is 102 Å². The summed E-state index contributed by atoms with van der Waals surface area (Å²) in [6, 6.07) is -0.0347. The molecule has 0 spiro atoms. The maximum absolute atomic E-state index is 11.9. The zero-order chi connectivity index (χ0) is 13.1. The molecule has 0 bridgehead atoms. The summed E-state index contributed by atoms with van der Waals surface area (Å²) in [5, 5.41) is 0. The van der Waals surface area contributed by atoms with Gasteiger partial charge in [0.2, 0.25) is 6.41 Å². The molecule has 1 aliphatic rings. The molecule has 1 heterocycles. The van der Waals surface area contributed by atoms with Crippen molar-refractivity contribution >= 4 is 12.5 Å². The summed E-state index contributed by atoms with van der Waals surface area (Å²) >= 11 is 0. The Kier molecular flexibility index (Phi) is 4.15. The number of likely N-dealkylation sites (tertiary alicyclic amines) is 1. The lowest BCUT2D eigenvalue weighted by Gasteiger charge is -2.28. The van der Waals surface area contributed by atoms with E-state index in [9.17, 15) is 9.59 Å². The molecule has 0 aromatic carbocycles. The van der Waals surface area contributed by atoms with Crippen LogP contribution in [0.15, 0.2) is 12.8 Å². The van der Waals surface area contributed by atoms with Gasteiger partial charge >= 0.3 is 6.09 Å². The fourth-order valence-electron chi connectivity index (χ4n) is 1.78. The first-order valence-electron chi connectivity index (χ1n) is 5.70. The third-order valence-electron chi connectivity index (χ3n) is 2.54. The lowest BCUT2D eigenvalue weighted by molar-refractivity contribution is -0.117. The number of ether oxygens (including phenoxy) is 1. The molecule has 0 aromatic heterocycles. The Balaban J connectivity index is 2.63. The summed E-state index contributed by atoms with van der Waals surface area (Å²) in [5.74, 6) is 0. The van der Waals surface area contributed by atoms with Gasteiger partial charge in [0.05, 0.1) is 6.04 Å². The first-order valence-corrected chi connectivity index (χ1v) is 5.70. The number of nitrogens with zero attached hydrogens (tertiary/aromatic N) is 2. The van der Waals surface area contributed by atoms with Gasteiger partial charge in [-0.05, 0) is 27.2 Å². The van der Waals surface area contributed by atoms with Crippen molar-refractivity contribution in [1.29, 1.82) is 0 Å². The summed E-state index contributed by atoms with van der Waals surface area (Å²) in [4.78, 5) is 25.6. The number of carbonyl (C=O) groups is 2. The third kappa shape index (κ3) is 3.76.